The lowest BCUT2D eigenvalue weighted by Crippen LogP contribution is -2.42. The zero-order chi connectivity index (χ0) is 13.9. The van der Waals surface area contributed by atoms with E-state index in [2.05, 4.69) is 21.9 Å². The molecule has 0 aromatic carbocycles. The third-order valence-electron chi connectivity index (χ3n) is 3.89. The van der Waals surface area contributed by atoms with Gasteiger partial charge in [0.1, 0.15) is 5.15 Å². The predicted octanol–water partition coefficient (Wildman–Crippen LogP) is 2.04. The quantitative estimate of drug-likeness (QED) is 0.809. The molecule has 1 aliphatic rings. The second-order valence-corrected chi connectivity index (χ2v) is 5.59. The third-order valence-corrected chi connectivity index (χ3v) is 4.08. The first-order chi connectivity index (χ1) is 9.74. The fourth-order valence-electron chi connectivity index (χ4n) is 2.68. The van der Waals surface area contributed by atoms with Crippen LogP contribution in [0.15, 0.2) is 18.3 Å². The molecule has 0 bridgehead atoms. The van der Waals surface area contributed by atoms with Gasteiger partial charge in [-0.1, -0.05) is 11.6 Å². The molecule has 1 aliphatic heterocycles. The van der Waals surface area contributed by atoms with Crippen LogP contribution in [0.1, 0.15) is 19.0 Å². The van der Waals surface area contributed by atoms with Crippen LogP contribution in [0, 0.1) is 0 Å². The van der Waals surface area contributed by atoms with E-state index in [1.807, 2.05) is 16.6 Å². The highest BCUT2D eigenvalue weighted by Crippen LogP contribution is 2.15. The highest BCUT2D eigenvalue weighted by atomic mass is 35.5. The first kappa shape index (κ1) is 13.8. The number of nitrogens with zero attached hydrogens (tertiary/aromatic N) is 4. The van der Waals surface area contributed by atoms with Crippen LogP contribution in [-0.4, -0.2) is 51.8 Å². The van der Waals surface area contributed by atoms with E-state index in [-0.39, 0.29) is 0 Å². The van der Waals surface area contributed by atoms with Gasteiger partial charge in [-0.3, -0.25) is 4.90 Å². The van der Waals surface area contributed by atoms with Crippen LogP contribution in [0.2, 0.25) is 5.15 Å². The molecular formula is C14H19ClN4O. The molecule has 0 saturated carbocycles. The summed E-state index contributed by atoms with van der Waals surface area (Å²) >= 11 is 6.07. The van der Waals surface area contributed by atoms with E-state index in [4.69, 9.17) is 16.3 Å². The Bertz CT molecular complexity index is 580. The summed E-state index contributed by atoms with van der Waals surface area (Å²) in [6.45, 7) is 6.00. The Kier molecular flexibility index (Phi) is 4.19. The van der Waals surface area contributed by atoms with Gasteiger partial charge in [-0.15, -0.1) is 0 Å². The van der Waals surface area contributed by atoms with Crippen LogP contribution in [0.5, 0.6) is 0 Å². The average molecular weight is 295 g/mol. The number of hydrogen-bond donors (Lipinski definition) is 0. The lowest BCUT2D eigenvalue weighted by atomic mass is 10.1. The minimum atomic E-state index is 0.534. The van der Waals surface area contributed by atoms with Gasteiger partial charge in [0.2, 0.25) is 0 Å². The van der Waals surface area contributed by atoms with Gasteiger partial charge >= 0.3 is 0 Å². The second kappa shape index (κ2) is 6.08. The molecule has 108 valence electrons. The van der Waals surface area contributed by atoms with E-state index in [1.165, 1.54) is 0 Å². The van der Waals surface area contributed by atoms with Gasteiger partial charge in [0.15, 0.2) is 5.65 Å². The Morgan fingerprint density at radius 3 is 3.00 bits per heavy atom. The minimum absolute atomic E-state index is 0.534. The van der Waals surface area contributed by atoms with Crippen LogP contribution in [0.3, 0.4) is 0 Å². The molecule has 0 radical (unpaired) electrons. The summed E-state index contributed by atoms with van der Waals surface area (Å²) in [5.41, 5.74) is 1.93. The summed E-state index contributed by atoms with van der Waals surface area (Å²) in [6.07, 6.45) is 3.78. The number of aromatic nitrogens is 3. The van der Waals surface area contributed by atoms with Crippen molar-refractivity contribution in [2.75, 3.05) is 26.3 Å². The standard InChI is InChI=1S/C14H19ClN4O/c1-11(18-6-8-20-9-7-18)2-3-12-10-13(15)17-14-4-5-16-19(12)14/h4-5,10-11H,2-3,6-9H2,1H3. The van der Waals surface area contributed by atoms with E-state index in [9.17, 15) is 0 Å². The fourth-order valence-corrected chi connectivity index (χ4v) is 2.89. The molecule has 1 atom stereocenters. The number of ether oxygens (including phenoxy) is 1. The Morgan fingerprint density at radius 1 is 1.40 bits per heavy atom. The summed E-state index contributed by atoms with van der Waals surface area (Å²) in [7, 11) is 0. The largest absolute Gasteiger partial charge is 0.379 e. The van der Waals surface area contributed by atoms with Crippen LogP contribution in [0.25, 0.3) is 5.65 Å². The zero-order valence-corrected chi connectivity index (χ0v) is 12.4. The number of aryl methyl sites for hydroxylation is 1. The average Bonchev–Trinajstić information content (AvgIpc) is 2.93. The molecule has 3 heterocycles. The SMILES string of the molecule is CC(CCc1cc(Cl)nc2ccnn12)N1CCOCC1. The van der Waals surface area contributed by atoms with Crippen molar-refractivity contribution >= 4 is 17.2 Å². The van der Waals surface area contributed by atoms with Crippen molar-refractivity contribution in [2.24, 2.45) is 0 Å². The van der Waals surface area contributed by atoms with Crippen molar-refractivity contribution in [3.8, 4) is 0 Å². The van der Waals surface area contributed by atoms with Crippen molar-refractivity contribution in [2.45, 2.75) is 25.8 Å². The zero-order valence-electron chi connectivity index (χ0n) is 11.6. The lowest BCUT2D eigenvalue weighted by molar-refractivity contribution is 0.0186. The monoisotopic (exact) mass is 294 g/mol. The molecule has 1 unspecified atom stereocenters. The third kappa shape index (κ3) is 2.95. The van der Waals surface area contributed by atoms with Gasteiger partial charge in [0.05, 0.1) is 19.4 Å². The van der Waals surface area contributed by atoms with Gasteiger partial charge in [0.25, 0.3) is 0 Å². The number of halogens is 1. The summed E-state index contributed by atoms with van der Waals surface area (Å²) in [6, 6.07) is 4.32. The highest BCUT2D eigenvalue weighted by molar-refractivity contribution is 6.29. The smallest absolute Gasteiger partial charge is 0.156 e. The maximum atomic E-state index is 6.07. The molecule has 5 nitrogen and oxygen atoms in total. The van der Waals surface area contributed by atoms with E-state index in [0.29, 0.717) is 11.2 Å². The van der Waals surface area contributed by atoms with Crippen LogP contribution in [-0.2, 0) is 11.2 Å². The molecule has 0 N–H and O–H groups in total. The molecule has 0 amide bonds. The first-order valence-corrected chi connectivity index (χ1v) is 7.43. The first-order valence-electron chi connectivity index (χ1n) is 7.05. The lowest BCUT2D eigenvalue weighted by Gasteiger charge is -2.32. The van der Waals surface area contributed by atoms with E-state index < -0.39 is 0 Å². The highest BCUT2D eigenvalue weighted by Gasteiger charge is 2.17. The molecule has 2 aromatic heterocycles. The Hall–Kier alpha value is -1.17. The van der Waals surface area contributed by atoms with Crippen molar-refractivity contribution in [3.05, 3.63) is 29.2 Å². The van der Waals surface area contributed by atoms with Gasteiger partial charge < -0.3 is 4.74 Å². The Morgan fingerprint density at radius 2 is 2.20 bits per heavy atom. The summed E-state index contributed by atoms with van der Waals surface area (Å²) in [5.74, 6) is 0. The molecule has 1 saturated heterocycles. The topological polar surface area (TPSA) is 42.7 Å². The van der Waals surface area contributed by atoms with Crippen molar-refractivity contribution in [3.63, 3.8) is 0 Å². The molecular weight excluding hydrogens is 276 g/mol. The van der Waals surface area contributed by atoms with Gasteiger partial charge in [-0.05, 0) is 25.8 Å². The van der Waals surface area contributed by atoms with Crippen LogP contribution >= 0.6 is 11.6 Å². The predicted molar refractivity (Wildman–Crippen MR) is 78.2 cm³/mol. The number of rotatable bonds is 4. The second-order valence-electron chi connectivity index (χ2n) is 5.21. The van der Waals surface area contributed by atoms with Gasteiger partial charge in [-0.2, -0.15) is 5.10 Å². The van der Waals surface area contributed by atoms with E-state index in [1.54, 1.807) is 6.20 Å². The summed E-state index contributed by atoms with van der Waals surface area (Å²) in [5, 5.41) is 4.85. The molecule has 6 heteroatoms. The number of morpholine rings is 1. The molecule has 0 spiro atoms. The number of hydrogen-bond acceptors (Lipinski definition) is 4. The summed E-state index contributed by atoms with van der Waals surface area (Å²) < 4.78 is 7.27. The summed E-state index contributed by atoms with van der Waals surface area (Å²) in [4.78, 5) is 6.73. The molecule has 0 aliphatic carbocycles. The maximum absolute atomic E-state index is 6.07. The molecule has 1 fully saturated rings. The number of fused-ring (bicyclic) bond motifs is 1. The molecule has 2 aromatic rings. The fraction of sp³-hybridized carbons (Fsp3) is 0.571. The van der Waals surface area contributed by atoms with Crippen LogP contribution < -0.4 is 0 Å². The molecule has 3 rings (SSSR count). The maximum Gasteiger partial charge on any atom is 0.156 e. The van der Waals surface area contributed by atoms with Gasteiger partial charge in [0, 0.05) is 30.9 Å². The van der Waals surface area contributed by atoms with Crippen molar-refractivity contribution in [1.29, 1.82) is 0 Å². The Labute approximate surface area is 123 Å². The van der Waals surface area contributed by atoms with E-state index in [0.717, 1.165) is 50.5 Å². The van der Waals surface area contributed by atoms with Crippen molar-refractivity contribution in [1.82, 2.24) is 19.5 Å². The normalized spacial score (nSPS) is 18.5. The van der Waals surface area contributed by atoms with Crippen molar-refractivity contribution < 1.29 is 4.74 Å². The molecule has 20 heavy (non-hydrogen) atoms. The van der Waals surface area contributed by atoms with E-state index >= 15 is 0 Å². The van der Waals surface area contributed by atoms with Crippen LogP contribution in [0.4, 0.5) is 0 Å². The minimum Gasteiger partial charge on any atom is -0.379 e. The Balaban J connectivity index is 1.68. The van der Waals surface area contributed by atoms with Gasteiger partial charge in [-0.25, -0.2) is 9.50 Å².